The minimum atomic E-state index is -0.203. The number of para-hydroxylation sites is 6. The summed E-state index contributed by atoms with van der Waals surface area (Å²) in [6.07, 6.45) is 8.71. The number of oxazole rings is 2. The Kier molecular flexibility index (Phi) is 8.41. The zero-order chi connectivity index (χ0) is 45.1. The summed E-state index contributed by atoms with van der Waals surface area (Å²) in [4.78, 5) is 20.1. The van der Waals surface area contributed by atoms with Crippen LogP contribution in [0.5, 0.6) is 0 Å². The molecule has 68 heavy (non-hydrogen) atoms. The van der Waals surface area contributed by atoms with E-state index in [2.05, 4.69) is 135 Å². The Bertz CT molecular complexity index is 3890. The van der Waals surface area contributed by atoms with E-state index in [4.69, 9.17) is 28.8 Å². The maximum absolute atomic E-state index is 6.17. The number of fused-ring (bicyclic) bond motifs is 9. The number of rotatable bonds is 6. The monoisotopic (exact) mass is 874 g/mol. The summed E-state index contributed by atoms with van der Waals surface area (Å²) in [6, 6.07) is 60.0. The summed E-state index contributed by atoms with van der Waals surface area (Å²) in [7, 11) is 0. The van der Waals surface area contributed by atoms with Crippen LogP contribution in [0.2, 0.25) is 0 Å². The third kappa shape index (κ3) is 6.17. The van der Waals surface area contributed by atoms with Gasteiger partial charge in [-0.1, -0.05) is 135 Å². The number of aromatic nitrogens is 4. The minimum Gasteiger partial charge on any atom is -0.436 e. The van der Waals surface area contributed by atoms with Crippen LogP contribution in [-0.2, 0) is 11.8 Å². The molecular formula is C62H42N4O2. The Morgan fingerprint density at radius 3 is 1.60 bits per heavy atom. The molecule has 0 bridgehead atoms. The molecule has 0 N–H and O–H groups in total. The molecule has 14 rings (SSSR count). The van der Waals surface area contributed by atoms with Crippen LogP contribution < -0.4 is 0 Å². The number of hydrogen-bond acceptors (Lipinski definition) is 6. The normalized spacial score (nSPS) is 15.4. The highest BCUT2D eigenvalue weighted by Gasteiger charge is 2.36. The highest BCUT2D eigenvalue weighted by atomic mass is 16.4. The molecule has 3 aliphatic carbocycles. The third-order valence-electron chi connectivity index (χ3n) is 14.5. The lowest BCUT2D eigenvalue weighted by Crippen LogP contribution is -2.15. The molecule has 1 unspecified atom stereocenters. The second-order valence-electron chi connectivity index (χ2n) is 18.9. The molecule has 1 atom stereocenters. The van der Waals surface area contributed by atoms with Gasteiger partial charge in [-0.25, -0.2) is 19.9 Å². The molecule has 0 fully saturated rings. The predicted octanol–water partition coefficient (Wildman–Crippen LogP) is 15.6. The summed E-state index contributed by atoms with van der Waals surface area (Å²) < 4.78 is 12.3. The van der Waals surface area contributed by atoms with Gasteiger partial charge in [0.15, 0.2) is 11.2 Å². The van der Waals surface area contributed by atoms with Gasteiger partial charge in [0.25, 0.3) is 0 Å². The van der Waals surface area contributed by atoms with E-state index < -0.39 is 0 Å². The Labute approximate surface area is 393 Å². The van der Waals surface area contributed by atoms with Crippen molar-refractivity contribution in [2.24, 2.45) is 0 Å². The van der Waals surface area contributed by atoms with Gasteiger partial charge in [0.2, 0.25) is 11.8 Å². The molecule has 6 heteroatoms. The first-order chi connectivity index (χ1) is 33.4. The Morgan fingerprint density at radius 1 is 0.456 bits per heavy atom. The van der Waals surface area contributed by atoms with Crippen LogP contribution in [0.3, 0.4) is 0 Å². The quantitative estimate of drug-likeness (QED) is 0.166. The molecule has 0 amide bonds. The molecular weight excluding hydrogens is 833 g/mol. The maximum Gasteiger partial charge on any atom is 0.227 e. The van der Waals surface area contributed by atoms with Crippen molar-refractivity contribution < 1.29 is 8.83 Å². The van der Waals surface area contributed by atoms with Gasteiger partial charge in [0, 0.05) is 28.0 Å². The number of allylic oxidation sites excluding steroid dienone is 4. The highest BCUT2D eigenvalue weighted by Crippen LogP contribution is 2.51. The summed E-state index contributed by atoms with van der Waals surface area (Å²) in [5, 5.41) is 0. The van der Waals surface area contributed by atoms with Crippen molar-refractivity contribution in [1.82, 2.24) is 19.9 Å². The van der Waals surface area contributed by atoms with Crippen LogP contribution in [0, 0.1) is 0 Å². The Morgan fingerprint density at radius 2 is 0.971 bits per heavy atom. The van der Waals surface area contributed by atoms with Crippen molar-refractivity contribution >= 4 is 38.8 Å². The fraction of sp³-hybridized carbons (Fsp3) is 0.0968. The van der Waals surface area contributed by atoms with Crippen LogP contribution in [0.25, 0.3) is 106 Å². The lowest BCUT2D eigenvalue weighted by Gasteiger charge is -2.22. The van der Waals surface area contributed by atoms with Crippen molar-refractivity contribution in [3.63, 3.8) is 0 Å². The third-order valence-corrected chi connectivity index (χ3v) is 14.5. The molecule has 0 aliphatic heterocycles. The van der Waals surface area contributed by atoms with E-state index in [-0.39, 0.29) is 11.3 Å². The SMILES string of the molecule is CC1(C)c2cc(-c3ccc(-c4nc5ccccc5nc4C4=CCC(c5ccc6c(c5)Cc5cc(-c7nc8ccccc8o7)ccc5-6)C=C4)cc3)ccc2-c2ccc(-c3nc4ccccc4o3)cc21. The number of benzene rings is 8. The average Bonchev–Trinajstić information content (AvgIpc) is 4.17. The first kappa shape index (κ1) is 38.8. The molecule has 3 aromatic heterocycles. The molecule has 6 nitrogen and oxygen atoms in total. The van der Waals surface area contributed by atoms with Crippen molar-refractivity contribution in [3.05, 3.63) is 222 Å². The molecule has 0 radical (unpaired) electrons. The standard InChI is InChI=1S/C62H42N4O2/c1-62(2)50-34-41(24-29-48(50)49-30-26-43(35-51(49)62)61-66-55-12-6-8-14-57(55)68-61)37-17-21-39(22-18-37)59-58(63-52-9-3-4-10-53(52)64-59)38-19-15-36(16-20-38)40-23-27-46-44(31-40)33-45-32-42(25-28-47(45)46)60-65-54-11-5-7-13-56(54)67-60/h3-15,17-32,34-36H,16,33H2,1-2H3. The fourth-order valence-corrected chi connectivity index (χ4v) is 10.9. The van der Waals surface area contributed by atoms with Crippen molar-refractivity contribution in [3.8, 4) is 67.5 Å². The molecule has 3 heterocycles. The number of hydrogen-bond donors (Lipinski definition) is 0. The molecule has 0 spiro atoms. The van der Waals surface area contributed by atoms with Gasteiger partial charge in [-0.05, 0) is 146 Å². The molecule has 3 aliphatic rings. The van der Waals surface area contributed by atoms with E-state index >= 15 is 0 Å². The van der Waals surface area contributed by atoms with Gasteiger partial charge in [-0.2, -0.15) is 0 Å². The summed E-state index contributed by atoms with van der Waals surface area (Å²) >= 11 is 0. The van der Waals surface area contributed by atoms with Crippen LogP contribution in [-0.4, -0.2) is 19.9 Å². The summed E-state index contributed by atoms with van der Waals surface area (Å²) in [6.45, 7) is 4.64. The maximum atomic E-state index is 6.17. The van der Waals surface area contributed by atoms with E-state index in [9.17, 15) is 0 Å². The molecule has 0 saturated heterocycles. The van der Waals surface area contributed by atoms with Crippen LogP contribution in [0.15, 0.2) is 197 Å². The lowest BCUT2D eigenvalue weighted by atomic mass is 9.81. The topological polar surface area (TPSA) is 77.8 Å². The van der Waals surface area contributed by atoms with Gasteiger partial charge in [0.1, 0.15) is 11.0 Å². The van der Waals surface area contributed by atoms with Crippen LogP contribution >= 0.6 is 0 Å². The van der Waals surface area contributed by atoms with Crippen molar-refractivity contribution in [1.29, 1.82) is 0 Å². The van der Waals surface area contributed by atoms with Crippen LogP contribution in [0.1, 0.15) is 59.7 Å². The second-order valence-corrected chi connectivity index (χ2v) is 18.9. The Balaban J connectivity index is 0.727. The van der Waals surface area contributed by atoms with E-state index in [0.717, 1.165) is 85.3 Å². The lowest BCUT2D eigenvalue weighted by molar-refractivity contribution is 0.618. The zero-order valence-electron chi connectivity index (χ0n) is 37.5. The summed E-state index contributed by atoms with van der Waals surface area (Å²) in [5.74, 6) is 1.58. The van der Waals surface area contributed by atoms with E-state index in [0.29, 0.717) is 11.8 Å². The summed E-state index contributed by atoms with van der Waals surface area (Å²) in [5.41, 5.74) is 24.9. The minimum absolute atomic E-state index is 0.203. The van der Waals surface area contributed by atoms with E-state index in [1.165, 1.54) is 55.6 Å². The van der Waals surface area contributed by atoms with E-state index in [1.807, 2.05) is 66.7 Å². The largest absolute Gasteiger partial charge is 0.436 e. The number of nitrogens with zero attached hydrogens (tertiary/aromatic N) is 4. The molecule has 11 aromatic rings. The smallest absolute Gasteiger partial charge is 0.227 e. The predicted molar refractivity (Wildman–Crippen MR) is 273 cm³/mol. The second kappa shape index (κ2) is 14.8. The van der Waals surface area contributed by atoms with E-state index in [1.54, 1.807) is 0 Å². The average molecular weight is 875 g/mol. The van der Waals surface area contributed by atoms with Crippen LogP contribution in [0.4, 0.5) is 0 Å². The first-order valence-electron chi connectivity index (χ1n) is 23.4. The van der Waals surface area contributed by atoms with Crippen molar-refractivity contribution in [2.75, 3.05) is 0 Å². The van der Waals surface area contributed by atoms with Gasteiger partial charge in [0.05, 0.1) is 22.4 Å². The zero-order valence-corrected chi connectivity index (χ0v) is 37.5. The fourth-order valence-electron chi connectivity index (χ4n) is 10.9. The molecule has 322 valence electrons. The van der Waals surface area contributed by atoms with Gasteiger partial charge in [-0.15, -0.1) is 0 Å². The molecule has 8 aromatic carbocycles. The first-order valence-corrected chi connectivity index (χ1v) is 23.4. The van der Waals surface area contributed by atoms with Gasteiger partial charge >= 0.3 is 0 Å². The molecule has 0 saturated carbocycles. The van der Waals surface area contributed by atoms with Crippen molar-refractivity contribution in [2.45, 2.75) is 38.0 Å². The van der Waals surface area contributed by atoms with Gasteiger partial charge < -0.3 is 8.83 Å². The highest BCUT2D eigenvalue weighted by molar-refractivity contribution is 5.90. The van der Waals surface area contributed by atoms with Gasteiger partial charge in [-0.3, -0.25) is 0 Å². The Hall–Kier alpha value is -8.48.